The zero-order chi connectivity index (χ0) is 7.84. The minimum absolute atomic E-state index is 0.534. The van der Waals surface area contributed by atoms with Crippen molar-refractivity contribution in [2.45, 2.75) is 12.8 Å². The number of nitrogens with two attached hydrogens (primary N) is 1. The van der Waals surface area contributed by atoms with Crippen molar-refractivity contribution in [1.82, 2.24) is 5.32 Å². The van der Waals surface area contributed by atoms with Gasteiger partial charge >= 0.3 is 0 Å². The van der Waals surface area contributed by atoms with Gasteiger partial charge in [0.05, 0.1) is 0 Å². The van der Waals surface area contributed by atoms with Gasteiger partial charge in [0.1, 0.15) is 6.23 Å². The van der Waals surface area contributed by atoms with Crippen molar-refractivity contribution in [2.75, 3.05) is 5.73 Å². The van der Waals surface area contributed by atoms with Gasteiger partial charge in [-0.3, -0.25) is 5.32 Å². The van der Waals surface area contributed by atoms with E-state index >= 15 is 0 Å². The highest BCUT2D eigenvalue weighted by Gasteiger charge is 2.18. The number of anilines is 1. The number of hydrogen-bond donors (Lipinski definition) is 3. The fourth-order valence-corrected chi connectivity index (χ4v) is 1.35. The van der Waals surface area contributed by atoms with E-state index in [1.807, 2.05) is 12.1 Å². The summed E-state index contributed by atoms with van der Waals surface area (Å²) in [6.07, 6.45) is -0.534. The molecule has 0 fully saturated rings. The normalized spacial score (nSPS) is 21.7. The monoisotopic (exact) mass is 150 g/mol. The van der Waals surface area contributed by atoms with Crippen molar-refractivity contribution >= 4 is 5.69 Å². The fraction of sp³-hybridized carbons (Fsp3) is 0.250. The molecule has 0 amide bonds. The van der Waals surface area contributed by atoms with E-state index in [9.17, 15) is 5.11 Å². The molecule has 3 nitrogen and oxygen atoms in total. The van der Waals surface area contributed by atoms with E-state index in [0.717, 1.165) is 17.7 Å². The van der Waals surface area contributed by atoms with Crippen LogP contribution < -0.4 is 11.1 Å². The van der Waals surface area contributed by atoms with E-state index in [2.05, 4.69) is 5.32 Å². The summed E-state index contributed by atoms with van der Waals surface area (Å²) >= 11 is 0. The van der Waals surface area contributed by atoms with Crippen LogP contribution in [0.1, 0.15) is 17.4 Å². The van der Waals surface area contributed by atoms with E-state index < -0.39 is 6.23 Å². The molecular formula is C8H10N2O. The molecule has 1 unspecified atom stereocenters. The molecule has 0 spiro atoms. The first-order valence-corrected chi connectivity index (χ1v) is 3.57. The first-order chi connectivity index (χ1) is 5.27. The number of aliphatic hydroxyl groups is 1. The highest BCUT2D eigenvalue weighted by Crippen LogP contribution is 2.24. The molecule has 3 heteroatoms. The molecule has 1 atom stereocenters. The molecular weight excluding hydrogens is 140 g/mol. The smallest absolute Gasteiger partial charge is 0.131 e. The second-order valence-corrected chi connectivity index (χ2v) is 2.74. The van der Waals surface area contributed by atoms with Crippen LogP contribution >= 0.6 is 0 Å². The minimum atomic E-state index is -0.534. The summed E-state index contributed by atoms with van der Waals surface area (Å²) in [7, 11) is 0. The van der Waals surface area contributed by atoms with Gasteiger partial charge in [-0.2, -0.15) is 0 Å². The van der Waals surface area contributed by atoms with Crippen molar-refractivity contribution in [3.63, 3.8) is 0 Å². The van der Waals surface area contributed by atoms with Crippen molar-refractivity contribution < 1.29 is 5.11 Å². The average molecular weight is 150 g/mol. The molecule has 58 valence electrons. The van der Waals surface area contributed by atoms with Gasteiger partial charge in [-0.05, 0) is 17.7 Å². The van der Waals surface area contributed by atoms with Gasteiger partial charge in [-0.25, -0.2) is 0 Å². The van der Waals surface area contributed by atoms with Crippen LogP contribution in [0.15, 0.2) is 18.2 Å². The second-order valence-electron chi connectivity index (χ2n) is 2.74. The maximum atomic E-state index is 9.34. The molecule has 4 N–H and O–H groups in total. The van der Waals surface area contributed by atoms with Crippen LogP contribution in [-0.4, -0.2) is 5.11 Å². The number of hydrogen-bond acceptors (Lipinski definition) is 3. The largest absolute Gasteiger partial charge is 0.399 e. The lowest BCUT2D eigenvalue weighted by Gasteiger charge is -2.03. The van der Waals surface area contributed by atoms with E-state index in [0.29, 0.717) is 5.69 Å². The van der Waals surface area contributed by atoms with Gasteiger partial charge in [-0.15, -0.1) is 0 Å². The molecule has 0 bridgehead atoms. The standard InChI is InChI=1S/C8H10N2O/c9-6-2-1-5-4-10-8(11)7(5)3-6/h1-3,8,10-11H,4,9H2. The first-order valence-electron chi connectivity index (χ1n) is 3.57. The van der Waals surface area contributed by atoms with Crippen LogP contribution in [-0.2, 0) is 6.54 Å². The summed E-state index contributed by atoms with van der Waals surface area (Å²) in [5, 5.41) is 12.3. The Morgan fingerprint density at radius 3 is 3.18 bits per heavy atom. The van der Waals surface area contributed by atoms with Crippen LogP contribution in [0.4, 0.5) is 5.69 Å². The SMILES string of the molecule is Nc1ccc2c(c1)C(O)NC2. The number of rotatable bonds is 0. The van der Waals surface area contributed by atoms with Crippen molar-refractivity contribution in [2.24, 2.45) is 0 Å². The zero-order valence-electron chi connectivity index (χ0n) is 6.04. The Morgan fingerprint density at radius 2 is 2.36 bits per heavy atom. The molecule has 1 aromatic carbocycles. The molecule has 0 aromatic heterocycles. The molecule has 1 aliphatic rings. The van der Waals surface area contributed by atoms with Crippen molar-refractivity contribution in [3.8, 4) is 0 Å². The number of benzene rings is 1. The Kier molecular flexibility index (Phi) is 1.34. The zero-order valence-corrected chi connectivity index (χ0v) is 6.04. The van der Waals surface area contributed by atoms with Crippen LogP contribution in [0.25, 0.3) is 0 Å². The fourth-order valence-electron chi connectivity index (χ4n) is 1.35. The molecule has 1 aromatic rings. The summed E-state index contributed by atoms with van der Waals surface area (Å²) in [5.41, 5.74) is 8.29. The van der Waals surface area contributed by atoms with Gasteiger partial charge in [0.2, 0.25) is 0 Å². The van der Waals surface area contributed by atoms with Crippen LogP contribution in [0, 0.1) is 0 Å². The van der Waals surface area contributed by atoms with Gasteiger partial charge in [-0.1, -0.05) is 6.07 Å². The minimum Gasteiger partial charge on any atom is -0.399 e. The third-order valence-electron chi connectivity index (χ3n) is 1.95. The molecule has 2 rings (SSSR count). The van der Waals surface area contributed by atoms with E-state index in [-0.39, 0.29) is 0 Å². The lowest BCUT2D eigenvalue weighted by atomic mass is 10.1. The summed E-state index contributed by atoms with van der Waals surface area (Å²) in [5.74, 6) is 0. The number of nitrogens with one attached hydrogen (secondary N) is 1. The summed E-state index contributed by atoms with van der Waals surface area (Å²) in [6.45, 7) is 0.733. The van der Waals surface area contributed by atoms with Crippen LogP contribution in [0.3, 0.4) is 0 Å². The highest BCUT2D eigenvalue weighted by molar-refractivity contribution is 5.46. The summed E-state index contributed by atoms with van der Waals surface area (Å²) < 4.78 is 0. The van der Waals surface area contributed by atoms with E-state index in [1.54, 1.807) is 6.07 Å². The molecule has 0 aliphatic carbocycles. The molecule has 11 heavy (non-hydrogen) atoms. The van der Waals surface area contributed by atoms with Crippen LogP contribution in [0.2, 0.25) is 0 Å². The predicted molar refractivity (Wildman–Crippen MR) is 42.7 cm³/mol. The van der Waals surface area contributed by atoms with Gasteiger partial charge in [0.15, 0.2) is 0 Å². The molecule has 0 radical (unpaired) electrons. The Balaban J connectivity index is 2.52. The topological polar surface area (TPSA) is 58.3 Å². The van der Waals surface area contributed by atoms with Crippen LogP contribution in [0.5, 0.6) is 0 Å². The van der Waals surface area contributed by atoms with Gasteiger partial charge in [0, 0.05) is 17.8 Å². The maximum Gasteiger partial charge on any atom is 0.131 e. The third-order valence-corrected chi connectivity index (χ3v) is 1.95. The lowest BCUT2D eigenvalue weighted by Crippen LogP contribution is -2.10. The molecule has 1 aliphatic heterocycles. The van der Waals surface area contributed by atoms with E-state index in [1.165, 1.54) is 0 Å². The Hall–Kier alpha value is -1.06. The van der Waals surface area contributed by atoms with Gasteiger partial charge < -0.3 is 10.8 Å². The Labute approximate surface area is 64.8 Å². The Bertz CT molecular complexity index is 285. The molecule has 1 heterocycles. The maximum absolute atomic E-state index is 9.34. The van der Waals surface area contributed by atoms with Crippen molar-refractivity contribution in [1.29, 1.82) is 0 Å². The number of nitrogen functional groups attached to an aromatic ring is 1. The third kappa shape index (κ3) is 0.982. The molecule has 0 saturated heterocycles. The summed E-state index contributed by atoms with van der Waals surface area (Å²) in [4.78, 5) is 0. The van der Waals surface area contributed by atoms with Crippen molar-refractivity contribution in [3.05, 3.63) is 29.3 Å². The number of fused-ring (bicyclic) bond motifs is 1. The molecule has 0 saturated carbocycles. The van der Waals surface area contributed by atoms with E-state index in [4.69, 9.17) is 5.73 Å². The number of aliphatic hydroxyl groups excluding tert-OH is 1. The Morgan fingerprint density at radius 1 is 1.55 bits per heavy atom. The highest BCUT2D eigenvalue weighted by atomic mass is 16.3. The predicted octanol–water partition coefficient (Wildman–Crippen LogP) is 0.363. The lowest BCUT2D eigenvalue weighted by molar-refractivity contribution is 0.151. The second kappa shape index (κ2) is 2.22. The summed E-state index contributed by atoms with van der Waals surface area (Å²) in [6, 6.07) is 5.59. The van der Waals surface area contributed by atoms with Gasteiger partial charge in [0.25, 0.3) is 0 Å². The quantitative estimate of drug-likeness (QED) is 0.468. The first kappa shape index (κ1) is 6.64. The average Bonchev–Trinajstić information content (AvgIpc) is 2.33.